The van der Waals surface area contributed by atoms with Crippen molar-refractivity contribution in [3.8, 4) is 11.8 Å². The molecule has 4 rings (SSSR count). The number of hydrogen-bond acceptors (Lipinski definition) is 6. The molecular formula is C30H28F6N4O4. The highest BCUT2D eigenvalue weighted by atomic mass is 19.4. The SMILES string of the molecule is CC[C@]1(N)C[C@H](c2ncc(OCCOC)cc2Cc2cc(C#N)cc(C(F)(F)F)c2)c2cc(C(F)(F)F)ccc2N1C(=O)O. The van der Waals surface area contributed by atoms with Crippen LogP contribution in [-0.2, 0) is 23.5 Å². The van der Waals surface area contributed by atoms with E-state index in [0.717, 1.165) is 29.2 Å². The van der Waals surface area contributed by atoms with Crippen molar-refractivity contribution in [1.29, 1.82) is 5.26 Å². The summed E-state index contributed by atoms with van der Waals surface area (Å²) in [5, 5.41) is 19.4. The maximum Gasteiger partial charge on any atom is 0.416 e. The molecular weight excluding hydrogens is 594 g/mol. The molecule has 2 atom stereocenters. The van der Waals surface area contributed by atoms with Gasteiger partial charge in [0, 0.05) is 13.0 Å². The molecule has 0 saturated carbocycles. The van der Waals surface area contributed by atoms with Gasteiger partial charge in [-0.3, -0.25) is 9.88 Å². The summed E-state index contributed by atoms with van der Waals surface area (Å²) >= 11 is 0. The number of methoxy groups -OCH3 is 1. The molecule has 2 aromatic carbocycles. The largest absolute Gasteiger partial charge is 0.490 e. The average Bonchev–Trinajstić information content (AvgIpc) is 2.95. The maximum absolute atomic E-state index is 13.8. The Morgan fingerprint density at radius 3 is 2.41 bits per heavy atom. The predicted molar refractivity (Wildman–Crippen MR) is 146 cm³/mol. The fourth-order valence-corrected chi connectivity index (χ4v) is 5.37. The molecule has 0 unspecified atom stereocenters. The Morgan fingerprint density at radius 2 is 1.82 bits per heavy atom. The van der Waals surface area contributed by atoms with E-state index in [9.17, 15) is 41.5 Å². The molecule has 2 heterocycles. The van der Waals surface area contributed by atoms with Crippen LogP contribution < -0.4 is 15.4 Å². The molecule has 0 fully saturated rings. The van der Waals surface area contributed by atoms with E-state index in [-0.39, 0.29) is 66.3 Å². The first-order valence-corrected chi connectivity index (χ1v) is 13.4. The number of alkyl halides is 6. The Labute approximate surface area is 248 Å². The minimum absolute atomic E-state index is 0.0136. The van der Waals surface area contributed by atoms with Gasteiger partial charge >= 0.3 is 18.4 Å². The number of nitrogens with two attached hydrogens (primary N) is 1. The second kappa shape index (κ2) is 12.3. The highest BCUT2D eigenvalue weighted by Crippen LogP contribution is 2.48. The van der Waals surface area contributed by atoms with Crippen LogP contribution in [-0.4, -0.2) is 42.2 Å². The topological polar surface area (TPSA) is 122 Å². The molecule has 0 saturated heterocycles. The van der Waals surface area contributed by atoms with Crippen LogP contribution in [0.2, 0.25) is 0 Å². The van der Waals surface area contributed by atoms with Crippen molar-refractivity contribution in [3.63, 3.8) is 0 Å². The number of benzene rings is 2. The van der Waals surface area contributed by atoms with Gasteiger partial charge in [-0.05, 0) is 78.4 Å². The van der Waals surface area contributed by atoms with E-state index in [0.29, 0.717) is 11.6 Å². The Bertz CT molecular complexity index is 1590. The minimum atomic E-state index is -4.75. The molecule has 8 nitrogen and oxygen atoms in total. The molecule has 1 aliphatic rings. The van der Waals surface area contributed by atoms with Crippen LogP contribution in [0.15, 0.2) is 48.7 Å². The Hall–Kier alpha value is -4.35. The zero-order valence-electron chi connectivity index (χ0n) is 23.6. The van der Waals surface area contributed by atoms with Gasteiger partial charge in [0.05, 0.1) is 46.9 Å². The summed E-state index contributed by atoms with van der Waals surface area (Å²) in [6.45, 7) is 1.95. The second-order valence-electron chi connectivity index (χ2n) is 10.4. The van der Waals surface area contributed by atoms with Crippen LogP contribution in [0, 0.1) is 11.3 Å². The monoisotopic (exact) mass is 622 g/mol. The number of anilines is 1. The van der Waals surface area contributed by atoms with Crippen LogP contribution in [0.4, 0.5) is 36.8 Å². The zero-order chi connectivity index (χ0) is 32.4. The number of carboxylic acid groups (broad SMARTS) is 1. The maximum atomic E-state index is 13.8. The van der Waals surface area contributed by atoms with Crippen molar-refractivity contribution in [2.24, 2.45) is 5.73 Å². The Morgan fingerprint density at radius 1 is 1.11 bits per heavy atom. The van der Waals surface area contributed by atoms with Crippen LogP contribution in [0.1, 0.15) is 64.8 Å². The minimum Gasteiger partial charge on any atom is -0.490 e. The van der Waals surface area contributed by atoms with E-state index >= 15 is 0 Å². The van der Waals surface area contributed by atoms with Crippen molar-refractivity contribution < 1.29 is 45.7 Å². The van der Waals surface area contributed by atoms with E-state index < -0.39 is 41.2 Å². The number of fused-ring (bicyclic) bond motifs is 1. The molecule has 0 spiro atoms. The summed E-state index contributed by atoms with van der Waals surface area (Å²) in [6, 6.07) is 8.75. The molecule has 44 heavy (non-hydrogen) atoms. The lowest BCUT2D eigenvalue weighted by atomic mass is 9.77. The van der Waals surface area contributed by atoms with Gasteiger partial charge in [0.1, 0.15) is 18.0 Å². The molecule has 1 aromatic heterocycles. The highest BCUT2D eigenvalue weighted by Gasteiger charge is 2.46. The van der Waals surface area contributed by atoms with Gasteiger partial charge in [0.2, 0.25) is 0 Å². The molecule has 0 bridgehead atoms. The molecule has 1 aliphatic heterocycles. The quantitative estimate of drug-likeness (QED) is 0.212. The second-order valence-corrected chi connectivity index (χ2v) is 10.4. The number of carbonyl (C=O) groups is 1. The fourth-order valence-electron chi connectivity index (χ4n) is 5.37. The van der Waals surface area contributed by atoms with E-state index in [4.69, 9.17) is 15.2 Å². The van der Waals surface area contributed by atoms with Gasteiger partial charge in [0.25, 0.3) is 0 Å². The summed E-state index contributed by atoms with van der Waals surface area (Å²) in [5.74, 6) is -0.771. The number of nitrogens with zero attached hydrogens (tertiary/aromatic N) is 3. The number of rotatable bonds is 8. The zero-order valence-corrected chi connectivity index (χ0v) is 23.6. The molecule has 3 N–H and O–H groups in total. The van der Waals surface area contributed by atoms with Gasteiger partial charge in [-0.2, -0.15) is 31.6 Å². The first-order valence-electron chi connectivity index (χ1n) is 13.4. The predicted octanol–water partition coefficient (Wildman–Crippen LogP) is 6.69. The van der Waals surface area contributed by atoms with Crippen molar-refractivity contribution in [2.45, 2.75) is 50.1 Å². The number of halogens is 6. The standard InChI is InChI=1S/C30H28F6N4O4/c1-3-28(38)14-24(23-13-20(29(31,32)33)4-5-25(23)40(28)27(41)42)26-19(12-22(16-39-26)44-7-6-43-2)9-17-8-18(15-37)11-21(10-17)30(34,35)36/h4-5,8,10-13,16,24H,3,6-7,9,14,38H2,1-2H3,(H,41,42)/t24-,28+/m0/s1. The van der Waals surface area contributed by atoms with Crippen LogP contribution in [0.5, 0.6) is 5.75 Å². The lowest BCUT2D eigenvalue weighted by molar-refractivity contribution is -0.138. The lowest BCUT2D eigenvalue weighted by Gasteiger charge is -2.46. The van der Waals surface area contributed by atoms with Gasteiger partial charge in [-0.1, -0.05) is 6.92 Å². The molecule has 14 heteroatoms. The third-order valence-electron chi connectivity index (χ3n) is 7.48. The Balaban J connectivity index is 1.94. The fraction of sp³-hybridized carbons (Fsp3) is 0.367. The normalized spacial score (nSPS) is 18.5. The van der Waals surface area contributed by atoms with Crippen molar-refractivity contribution in [3.05, 3.63) is 87.7 Å². The van der Waals surface area contributed by atoms with Gasteiger partial charge in [-0.25, -0.2) is 4.79 Å². The summed E-state index contributed by atoms with van der Waals surface area (Å²) in [5.41, 5.74) is 3.20. The number of aromatic nitrogens is 1. The average molecular weight is 623 g/mol. The third kappa shape index (κ3) is 6.74. The van der Waals surface area contributed by atoms with Gasteiger partial charge in [-0.15, -0.1) is 0 Å². The van der Waals surface area contributed by atoms with Crippen molar-refractivity contribution in [2.75, 3.05) is 25.2 Å². The van der Waals surface area contributed by atoms with Gasteiger partial charge < -0.3 is 20.3 Å². The van der Waals surface area contributed by atoms with Crippen LogP contribution >= 0.6 is 0 Å². The summed E-state index contributed by atoms with van der Waals surface area (Å²) in [4.78, 5) is 17.7. The number of ether oxygens (including phenoxy) is 2. The smallest absolute Gasteiger partial charge is 0.416 e. The van der Waals surface area contributed by atoms with Crippen LogP contribution in [0.25, 0.3) is 0 Å². The summed E-state index contributed by atoms with van der Waals surface area (Å²) in [7, 11) is 1.46. The van der Waals surface area contributed by atoms with Crippen molar-refractivity contribution in [1.82, 2.24) is 4.98 Å². The third-order valence-corrected chi connectivity index (χ3v) is 7.48. The lowest BCUT2D eigenvalue weighted by Crippen LogP contribution is -2.61. The van der Waals surface area contributed by atoms with E-state index in [1.165, 1.54) is 25.4 Å². The molecule has 3 aromatic rings. The molecule has 234 valence electrons. The van der Waals surface area contributed by atoms with E-state index in [1.807, 2.05) is 0 Å². The molecule has 1 amide bonds. The van der Waals surface area contributed by atoms with Gasteiger partial charge in [0.15, 0.2) is 0 Å². The Kier molecular flexibility index (Phi) is 9.13. The summed E-state index contributed by atoms with van der Waals surface area (Å²) in [6.07, 6.45) is -9.94. The first-order chi connectivity index (χ1) is 20.6. The number of amides is 1. The molecule has 0 radical (unpaired) electrons. The van der Waals surface area contributed by atoms with Crippen LogP contribution in [0.3, 0.4) is 0 Å². The van der Waals surface area contributed by atoms with E-state index in [1.54, 1.807) is 13.0 Å². The first kappa shape index (κ1) is 32.6. The number of hydrogen-bond donors (Lipinski definition) is 2. The van der Waals surface area contributed by atoms with E-state index in [2.05, 4.69) is 4.98 Å². The number of nitriles is 1. The number of pyridine rings is 1. The summed E-state index contributed by atoms with van der Waals surface area (Å²) < 4.78 is 93.0. The highest BCUT2D eigenvalue weighted by molar-refractivity contribution is 5.90. The molecule has 0 aliphatic carbocycles. The van der Waals surface area contributed by atoms with Crippen molar-refractivity contribution >= 4 is 11.8 Å².